The van der Waals surface area contributed by atoms with Crippen LogP contribution in [0.3, 0.4) is 0 Å². The third-order valence-corrected chi connectivity index (χ3v) is 5.83. The molecule has 0 amide bonds. The topological polar surface area (TPSA) is 20.3 Å². The van der Waals surface area contributed by atoms with Crippen molar-refractivity contribution >= 4 is 17.5 Å². The first-order valence-corrected chi connectivity index (χ1v) is 9.43. The predicted octanol–water partition coefficient (Wildman–Crippen LogP) is 4.25. The molecule has 1 saturated carbocycles. The minimum Gasteiger partial charge on any atom is -0.300 e. The van der Waals surface area contributed by atoms with E-state index < -0.39 is 0 Å². The van der Waals surface area contributed by atoms with E-state index in [4.69, 9.17) is 0 Å². The van der Waals surface area contributed by atoms with Gasteiger partial charge < -0.3 is 0 Å². The average molecular weight is 303 g/mol. The SMILES string of the molecule is CSc1ccccc1C(=O)[C@@H]1CCCN(C2CCCC2)C1. The molecule has 1 aromatic carbocycles. The van der Waals surface area contributed by atoms with Crippen LogP contribution in [0, 0.1) is 5.92 Å². The van der Waals surface area contributed by atoms with Crippen LogP contribution in [-0.2, 0) is 0 Å². The number of rotatable bonds is 4. The van der Waals surface area contributed by atoms with Crippen molar-refractivity contribution < 1.29 is 4.79 Å². The largest absolute Gasteiger partial charge is 0.300 e. The van der Waals surface area contributed by atoms with Crippen LogP contribution in [0.2, 0.25) is 0 Å². The smallest absolute Gasteiger partial charge is 0.168 e. The molecular formula is C18H25NOS. The van der Waals surface area contributed by atoms with Gasteiger partial charge in [-0.3, -0.25) is 9.69 Å². The number of carbonyl (C=O) groups excluding carboxylic acids is 1. The summed E-state index contributed by atoms with van der Waals surface area (Å²) < 4.78 is 0. The first kappa shape index (κ1) is 15.1. The van der Waals surface area contributed by atoms with Gasteiger partial charge in [-0.25, -0.2) is 0 Å². The van der Waals surface area contributed by atoms with Crippen molar-refractivity contribution in [3.05, 3.63) is 29.8 Å². The van der Waals surface area contributed by atoms with Gasteiger partial charge >= 0.3 is 0 Å². The second-order valence-electron chi connectivity index (χ2n) is 6.34. The van der Waals surface area contributed by atoms with E-state index in [-0.39, 0.29) is 5.92 Å². The van der Waals surface area contributed by atoms with Crippen molar-refractivity contribution in [3.63, 3.8) is 0 Å². The normalized spacial score (nSPS) is 24.3. The van der Waals surface area contributed by atoms with Crippen molar-refractivity contribution in [2.45, 2.75) is 49.5 Å². The molecule has 1 aliphatic carbocycles. The molecule has 0 aromatic heterocycles. The van der Waals surface area contributed by atoms with E-state index in [0.29, 0.717) is 5.78 Å². The van der Waals surface area contributed by atoms with Gasteiger partial charge in [0, 0.05) is 29.0 Å². The molecule has 1 heterocycles. The number of hydrogen-bond donors (Lipinski definition) is 0. The Balaban J connectivity index is 1.71. The predicted molar refractivity (Wildman–Crippen MR) is 89.1 cm³/mol. The summed E-state index contributed by atoms with van der Waals surface area (Å²) in [5.41, 5.74) is 0.934. The molecule has 0 bridgehead atoms. The maximum atomic E-state index is 12.9. The Morgan fingerprint density at radius 2 is 1.90 bits per heavy atom. The molecule has 0 unspecified atom stereocenters. The highest BCUT2D eigenvalue weighted by molar-refractivity contribution is 7.98. The number of benzene rings is 1. The first-order chi connectivity index (χ1) is 10.3. The molecule has 1 atom stereocenters. The lowest BCUT2D eigenvalue weighted by Crippen LogP contribution is -2.43. The average Bonchev–Trinajstić information content (AvgIpc) is 3.09. The summed E-state index contributed by atoms with van der Waals surface area (Å²) in [6, 6.07) is 8.83. The van der Waals surface area contributed by atoms with Gasteiger partial charge in [0.1, 0.15) is 0 Å². The van der Waals surface area contributed by atoms with E-state index in [2.05, 4.69) is 17.2 Å². The molecule has 1 aliphatic heterocycles. The fourth-order valence-corrected chi connectivity index (χ4v) is 4.49. The van der Waals surface area contributed by atoms with Crippen LogP contribution in [0.1, 0.15) is 48.9 Å². The van der Waals surface area contributed by atoms with E-state index in [1.165, 1.54) is 38.6 Å². The highest BCUT2D eigenvalue weighted by Gasteiger charge is 2.31. The zero-order valence-corrected chi connectivity index (χ0v) is 13.7. The molecule has 2 fully saturated rings. The van der Waals surface area contributed by atoms with Crippen LogP contribution < -0.4 is 0 Å². The van der Waals surface area contributed by atoms with E-state index in [1.54, 1.807) is 11.8 Å². The molecule has 0 radical (unpaired) electrons. The summed E-state index contributed by atoms with van der Waals surface area (Å²) in [6.07, 6.45) is 9.70. The molecular weight excluding hydrogens is 278 g/mol. The number of Topliss-reactive ketones (excluding diaryl/α,β-unsaturated/α-hetero) is 1. The van der Waals surface area contributed by atoms with Gasteiger partial charge in [-0.1, -0.05) is 31.0 Å². The Bertz CT molecular complexity index is 496. The van der Waals surface area contributed by atoms with Gasteiger partial charge in [0.2, 0.25) is 0 Å². The molecule has 1 aromatic rings. The Labute approximate surface area is 132 Å². The monoisotopic (exact) mass is 303 g/mol. The maximum Gasteiger partial charge on any atom is 0.168 e. The summed E-state index contributed by atoms with van der Waals surface area (Å²) in [6.45, 7) is 2.17. The number of thioether (sulfide) groups is 1. The number of piperidine rings is 1. The third-order valence-electron chi connectivity index (χ3n) is 5.04. The minimum atomic E-state index is 0.202. The fourth-order valence-electron chi connectivity index (χ4n) is 3.89. The van der Waals surface area contributed by atoms with Crippen LogP contribution >= 0.6 is 11.8 Å². The van der Waals surface area contributed by atoms with Gasteiger partial charge in [-0.15, -0.1) is 11.8 Å². The molecule has 0 spiro atoms. The quantitative estimate of drug-likeness (QED) is 0.613. The summed E-state index contributed by atoms with van der Waals surface area (Å²) in [5, 5.41) is 0. The van der Waals surface area contributed by atoms with Gasteiger partial charge in [-0.2, -0.15) is 0 Å². The Kier molecular flexibility index (Phi) is 5.02. The van der Waals surface area contributed by atoms with Gasteiger partial charge in [-0.05, 0) is 44.6 Å². The lowest BCUT2D eigenvalue weighted by Gasteiger charge is -2.36. The van der Waals surface area contributed by atoms with E-state index in [1.807, 2.05) is 18.2 Å². The number of nitrogens with zero attached hydrogens (tertiary/aromatic N) is 1. The second kappa shape index (κ2) is 6.97. The molecule has 21 heavy (non-hydrogen) atoms. The molecule has 2 nitrogen and oxygen atoms in total. The first-order valence-electron chi connectivity index (χ1n) is 8.21. The standard InChI is InChI=1S/C18H25NOS/c1-21-17-11-5-4-10-16(17)18(20)14-7-6-12-19(13-14)15-8-2-3-9-15/h4-5,10-11,14-15H,2-3,6-9,12-13H2,1H3/t14-/m1/s1. The van der Waals surface area contributed by atoms with Crippen molar-refractivity contribution in [2.24, 2.45) is 5.92 Å². The number of likely N-dealkylation sites (tertiary alicyclic amines) is 1. The van der Waals surface area contributed by atoms with Gasteiger partial charge in [0.05, 0.1) is 0 Å². The van der Waals surface area contributed by atoms with Crippen molar-refractivity contribution in [3.8, 4) is 0 Å². The highest BCUT2D eigenvalue weighted by atomic mass is 32.2. The van der Waals surface area contributed by atoms with Crippen molar-refractivity contribution in [1.29, 1.82) is 0 Å². The Morgan fingerprint density at radius 3 is 2.67 bits per heavy atom. The molecule has 1 saturated heterocycles. The van der Waals surface area contributed by atoms with E-state index in [9.17, 15) is 4.79 Å². The minimum absolute atomic E-state index is 0.202. The zero-order chi connectivity index (χ0) is 14.7. The zero-order valence-electron chi connectivity index (χ0n) is 12.9. The number of ketones is 1. The van der Waals surface area contributed by atoms with Gasteiger partial charge in [0.25, 0.3) is 0 Å². The molecule has 0 N–H and O–H groups in total. The maximum absolute atomic E-state index is 12.9. The fraction of sp³-hybridized carbons (Fsp3) is 0.611. The summed E-state index contributed by atoms with van der Waals surface area (Å²) in [7, 11) is 0. The van der Waals surface area contributed by atoms with Crippen LogP contribution in [-0.4, -0.2) is 36.1 Å². The van der Waals surface area contributed by atoms with Crippen LogP contribution in [0.4, 0.5) is 0 Å². The number of hydrogen-bond acceptors (Lipinski definition) is 3. The second-order valence-corrected chi connectivity index (χ2v) is 7.18. The van der Waals surface area contributed by atoms with Gasteiger partial charge in [0.15, 0.2) is 5.78 Å². The van der Waals surface area contributed by atoms with E-state index >= 15 is 0 Å². The molecule has 3 heteroatoms. The van der Waals surface area contributed by atoms with Crippen molar-refractivity contribution in [1.82, 2.24) is 4.90 Å². The van der Waals surface area contributed by atoms with Crippen LogP contribution in [0.5, 0.6) is 0 Å². The van der Waals surface area contributed by atoms with E-state index in [0.717, 1.165) is 29.5 Å². The highest BCUT2D eigenvalue weighted by Crippen LogP contribution is 2.30. The van der Waals surface area contributed by atoms with Crippen LogP contribution in [0.25, 0.3) is 0 Å². The molecule has 2 aliphatic rings. The Hall–Kier alpha value is -0.800. The molecule has 114 valence electrons. The molecule has 3 rings (SSSR count). The summed E-state index contributed by atoms with van der Waals surface area (Å²) >= 11 is 1.68. The summed E-state index contributed by atoms with van der Waals surface area (Å²) in [5.74, 6) is 0.565. The Morgan fingerprint density at radius 1 is 1.14 bits per heavy atom. The third kappa shape index (κ3) is 3.35. The summed E-state index contributed by atoms with van der Waals surface area (Å²) in [4.78, 5) is 16.6. The lowest BCUT2D eigenvalue weighted by molar-refractivity contribution is 0.0754. The lowest BCUT2D eigenvalue weighted by atomic mass is 9.89. The van der Waals surface area contributed by atoms with Crippen LogP contribution in [0.15, 0.2) is 29.2 Å². The number of carbonyl (C=O) groups is 1. The van der Waals surface area contributed by atoms with Crippen molar-refractivity contribution in [2.75, 3.05) is 19.3 Å².